The normalized spacial score (nSPS) is 25.8. The first-order chi connectivity index (χ1) is 5.51. The zero-order valence-electron chi connectivity index (χ0n) is 8.85. The van der Waals surface area contributed by atoms with Gasteiger partial charge in [-0.15, -0.1) is 0 Å². The molecule has 0 spiro atoms. The van der Waals surface area contributed by atoms with Crippen molar-refractivity contribution in [1.82, 2.24) is 10.2 Å². The summed E-state index contributed by atoms with van der Waals surface area (Å²) in [6.07, 6.45) is 0. The van der Waals surface area contributed by atoms with Crippen LogP contribution in [0.2, 0.25) is 0 Å². The molecule has 1 N–H and O–H groups in total. The molecule has 1 aliphatic heterocycles. The predicted octanol–water partition coefficient (Wildman–Crippen LogP) is 1.33. The summed E-state index contributed by atoms with van der Waals surface area (Å²) in [5.41, 5.74) is 0.431. The summed E-state index contributed by atoms with van der Waals surface area (Å²) in [6, 6.07) is 0.684. The third-order valence-corrected chi connectivity index (χ3v) is 2.54. The van der Waals surface area contributed by atoms with Gasteiger partial charge in [0, 0.05) is 32.2 Å². The zero-order chi connectivity index (χ0) is 9.19. The summed E-state index contributed by atoms with van der Waals surface area (Å²) >= 11 is 0. The van der Waals surface area contributed by atoms with Gasteiger partial charge in [-0.05, 0) is 19.3 Å². The number of hydrogen-bond acceptors (Lipinski definition) is 2. The SMILES string of the molecule is CC(C)N1CCNCC(C)(C)C1. The lowest BCUT2D eigenvalue weighted by Gasteiger charge is -2.31. The molecule has 0 saturated carbocycles. The molecule has 72 valence electrons. The molecule has 0 unspecified atom stereocenters. The third-order valence-electron chi connectivity index (χ3n) is 2.54. The zero-order valence-corrected chi connectivity index (χ0v) is 8.85. The van der Waals surface area contributed by atoms with Crippen molar-refractivity contribution >= 4 is 0 Å². The molecule has 1 aliphatic rings. The van der Waals surface area contributed by atoms with E-state index in [0.29, 0.717) is 11.5 Å². The van der Waals surface area contributed by atoms with Crippen molar-refractivity contribution in [1.29, 1.82) is 0 Å². The largest absolute Gasteiger partial charge is 0.315 e. The van der Waals surface area contributed by atoms with E-state index in [9.17, 15) is 0 Å². The van der Waals surface area contributed by atoms with Gasteiger partial charge >= 0.3 is 0 Å². The molecule has 0 aromatic rings. The van der Waals surface area contributed by atoms with E-state index in [4.69, 9.17) is 0 Å². The van der Waals surface area contributed by atoms with Gasteiger partial charge in [-0.25, -0.2) is 0 Å². The standard InChI is InChI=1S/C10H22N2/c1-9(2)12-6-5-11-7-10(3,4)8-12/h9,11H,5-8H2,1-4H3. The first-order valence-electron chi connectivity index (χ1n) is 4.96. The molecule has 0 radical (unpaired) electrons. The van der Waals surface area contributed by atoms with E-state index >= 15 is 0 Å². The van der Waals surface area contributed by atoms with Crippen LogP contribution < -0.4 is 5.32 Å². The molecule has 0 aromatic carbocycles. The molecule has 1 fully saturated rings. The molecule has 2 heteroatoms. The Morgan fingerprint density at radius 3 is 2.58 bits per heavy atom. The van der Waals surface area contributed by atoms with E-state index in [-0.39, 0.29) is 0 Å². The van der Waals surface area contributed by atoms with Crippen molar-refractivity contribution in [3.8, 4) is 0 Å². The molecule has 2 nitrogen and oxygen atoms in total. The van der Waals surface area contributed by atoms with Gasteiger partial charge < -0.3 is 5.32 Å². The Kier molecular flexibility index (Phi) is 3.13. The predicted molar refractivity (Wildman–Crippen MR) is 53.4 cm³/mol. The highest BCUT2D eigenvalue weighted by Crippen LogP contribution is 2.18. The van der Waals surface area contributed by atoms with Crippen molar-refractivity contribution in [2.24, 2.45) is 5.41 Å². The summed E-state index contributed by atoms with van der Waals surface area (Å²) in [5, 5.41) is 3.48. The average Bonchev–Trinajstić information content (AvgIpc) is 2.10. The van der Waals surface area contributed by atoms with E-state index in [2.05, 4.69) is 37.9 Å². The smallest absolute Gasteiger partial charge is 0.0110 e. The van der Waals surface area contributed by atoms with Crippen molar-refractivity contribution in [3.63, 3.8) is 0 Å². The molecule has 0 amide bonds. The minimum absolute atomic E-state index is 0.431. The van der Waals surface area contributed by atoms with Crippen LogP contribution in [0.5, 0.6) is 0 Å². The molecule has 0 atom stereocenters. The molecule has 1 rings (SSSR count). The summed E-state index contributed by atoms with van der Waals surface area (Å²) in [7, 11) is 0. The summed E-state index contributed by atoms with van der Waals surface area (Å²) in [5.74, 6) is 0. The molecular formula is C10H22N2. The van der Waals surface area contributed by atoms with Gasteiger partial charge in [0.25, 0.3) is 0 Å². The van der Waals surface area contributed by atoms with Crippen LogP contribution in [0.25, 0.3) is 0 Å². The van der Waals surface area contributed by atoms with Crippen LogP contribution in [0.4, 0.5) is 0 Å². The van der Waals surface area contributed by atoms with Gasteiger partial charge in [0.15, 0.2) is 0 Å². The fourth-order valence-corrected chi connectivity index (χ4v) is 1.77. The maximum absolute atomic E-state index is 3.48. The van der Waals surface area contributed by atoms with E-state index in [1.807, 2.05) is 0 Å². The minimum atomic E-state index is 0.431. The summed E-state index contributed by atoms with van der Waals surface area (Å²) < 4.78 is 0. The second kappa shape index (κ2) is 3.75. The Morgan fingerprint density at radius 1 is 1.33 bits per heavy atom. The number of nitrogens with one attached hydrogen (secondary N) is 1. The monoisotopic (exact) mass is 170 g/mol. The molecule has 1 saturated heterocycles. The van der Waals surface area contributed by atoms with Gasteiger partial charge in [0.2, 0.25) is 0 Å². The number of nitrogens with zero attached hydrogens (tertiary/aromatic N) is 1. The van der Waals surface area contributed by atoms with Crippen LogP contribution in [0, 0.1) is 5.41 Å². The highest BCUT2D eigenvalue weighted by Gasteiger charge is 2.25. The minimum Gasteiger partial charge on any atom is -0.315 e. The molecule has 0 bridgehead atoms. The van der Waals surface area contributed by atoms with Crippen LogP contribution in [-0.2, 0) is 0 Å². The van der Waals surface area contributed by atoms with Crippen LogP contribution in [-0.4, -0.2) is 37.1 Å². The van der Waals surface area contributed by atoms with Crippen LogP contribution >= 0.6 is 0 Å². The molecule has 1 heterocycles. The Hall–Kier alpha value is -0.0800. The maximum atomic E-state index is 3.48. The van der Waals surface area contributed by atoms with Crippen molar-refractivity contribution < 1.29 is 0 Å². The third kappa shape index (κ3) is 2.76. The lowest BCUT2D eigenvalue weighted by atomic mass is 9.93. The molecule has 0 aliphatic carbocycles. The Bertz CT molecular complexity index is 141. The Balaban J connectivity index is 2.54. The van der Waals surface area contributed by atoms with Crippen LogP contribution in [0.1, 0.15) is 27.7 Å². The fourth-order valence-electron chi connectivity index (χ4n) is 1.77. The van der Waals surface area contributed by atoms with E-state index in [1.54, 1.807) is 0 Å². The molecule has 0 aromatic heterocycles. The summed E-state index contributed by atoms with van der Waals surface area (Å²) in [6.45, 7) is 13.9. The van der Waals surface area contributed by atoms with Gasteiger partial charge in [0.05, 0.1) is 0 Å². The van der Waals surface area contributed by atoms with Gasteiger partial charge in [-0.1, -0.05) is 13.8 Å². The first kappa shape index (κ1) is 10.0. The molecule has 12 heavy (non-hydrogen) atoms. The number of hydrogen-bond donors (Lipinski definition) is 1. The van der Waals surface area contributed by atoms with E-state index in [0.717, 1.165) is 13.1 Å². The van der Waals surface area contributed by atoms with Crippen LogP contribution in [0.15, 0.2) is 0 Å². The second-order valence-electron chi connectivity index (χ2n) is 4.91. The lowest BCUT2D eigenvalue weighted by Crippen LogP contribution is -2.39. The number of rotatable bonds is 1. The van der Waals surface area contributed by atoms with Gasteiger partial charge in [-0.3, -0.25) is 4.90 Å². The van der Waals surface area contributed by atoms with Crippen LogP contribution in [0.3, 0.4) is 0 Å². The van der Waals surface area contributed by atoms with Crippen molar-refractivity contribution in [2.75, 3.05) is 26.2 Å². The average molecular weight is 170 g/mol. The van der Waals surface area contributed by atoms with Gasteiger partial charge in [-0.2, -0.15) is 0 Å². The quantitative estimate of drug-likeness (QED) is 0.638. The fraction of sp³-hybridized carbons (Fsp3) is 1.00. The Morgan fingerprint density at radius 2 is 2.00 bits per heavy atom. The second-order valence-corrected chi connectivity index (χ2v) is 4.91. The highest BCUT2D eigenvalue weighted by molar-refractivity contribution is 4.81. The van der Waals surface area contributed by atoms with Gasteiger partial charge in [0.1, 0.15) is 0 Å². The summed E-state index contributed by atoms with van der Waals surface area (Å²) in [4.78, 5) is 2.56. The van der Waals surface area contributed by atoms with Crippen molar-refractivity contribution in [2.45, 2.75) is 33.7 Å². The Labute approximate surface area is 76.3 Å². The van der Waals surface area contributed by atoms with Crippen molar-refractivity contribution in [3.05, 3.63) is 0 Å². The van der Waals surface area contributed by atoms with E-state index < -0.39 is 0 Å². The maximum Gasteiger partial charge on any atom is 0.0110 e. The van der Waals surface area contributed by atoms with E-state index in [1.165, 1.54) is 13.1 Å². The molecular weight excluding hydrogens is 148 g/mol. The topological polar surface area (TPSA) is 15.3 Å². The highest BCUT2D eigenvalue weighted by atomic mass is 15.2. The first-order valence-corrected chi connectivity index (χ1v) is 4.96. The lowest BCUT2D eigenvalue weighted by molar-refractivity contribution is 0.170.